The maximum atomic E-state index is 12.9. The number of aromatic nitrogens is 2. The third kappa shape index (κ3) is 3.95. The van der Waals surface area contributed by atoms with Crippen LogP contribution in [0, 0.1) is 12.7 Å². The molecule has 0 atom stereocenters. The van der Waals surface area contributed by atoms with Crippen molar-refractivity contribution in [3.05, 3.63) is 71.5 Å². The lowest BCUT2D eigenvalue weighted by molar-refractivity contribution is 0.0946. The highest BCUT2D eigenvalue weighted by molar-refractivity contribution is 5.93. The fraction of sp³-hybridized carbons (Fsp3) is 0.118. The van der Waals surface area contributed by atoms with Gasteiger partial charge >= 0.3 is 0 Å². The topological polar surface area (TPSA) is 80.0 Å². The van der Waals surface area contributed by atoms with Crippen LogP contribution in [-0.2, 0) is 6.54 Å². The number of aryl methyl sites for hydroxylation is 1. The standard InChI is InChI=1S/C17H15FN4O2/c1-11-8-16(22-24-11)21-14-6-7-19-15(9-14)17(23)20-10-12-2-4-13(18)5-3-12/h2-9H,10H2,1H3,(H,20,23)(H,19,21,22). The van der Waals surface area contributed by atoms with Crippen LogP contribution >= 0.6 is 0 Å². The zero-order valence-electron chi connectivity index (χ0n) is 12.9. The molecule has 6 nitrogen and oxygen atoms in total. The zero-order valence-corrected chi connectivity index (χ0v) is 12.9. The number of hydrogen-bond donors (Lipinski definition) is 2. The van der Waals surface area contributed by atoms with Gasteiger partial charge in [0.1, 0.15) is 17.3 Å². The molecule has 24 heavy (non-hydrogen) atoms. The molecule has 2 aromatic heterocycles. The molecule has 3 rings (SSSR count). The van der Waals surface area contributed by atoms with E-state index in [0.29, 0.717) is 23.8 Å². The monoisotopic (exact) mass is 326 g/mol. The van der Waals surface area contributed by atoms with Crippen LogP contribution in [0.4, 0.5) is 15.9 Å². The average Bonchev–Trinajstić information content (AvgIpc) is 2.99. The predicted octanol–water partition coefficient (Wildman–Crippen LogP) is 3.19. The minimum atomic E-state index is -0.320. The molecule has 0 aliphatic carbocycles. The van der Waals surface area contributed by atoms with Crippen LogP contribution in [0.5, 0.6) is 0 Å². The van der Waals surface area contributed by atoms with E-state index >= 15 is 0 Å². The van der Waals surface area contributed by atoms with Crippen LogP contribution in [0.1, 0.15) is 21.8 Å². The molecule has 0 bridgehead atoms. The van der Waals surface area contributed by atoms with E-state index in [1.54, 1.807) is 37.3 Å². The zero-order chi connectivity index (χ0) is 16.9. The number of rotatable bonds is 5. The van der Waals surface area contributed by atoms with E-state index in [-0.39, 0.29) is 17.4 Å². The van der Waals surface area contributed by atoms with Crippen molar-refractivity contribution in [2.75, 3.05) is 5.32 Å². The highest BCUT2D eigenvalue weighted by Crippen LogP contribution is 2.16. The van der Waals surface area contributed by atoms with E-state index in [1.807, 2.05) is 0 Å². The molecule has 0 saturated heterocycles. The highest BCUT2D eigenvalue weighted by atomic mass is 19.1. The Morgan fingerprint density at radius 2 is 2.00 bits per heavy atom. The Morgan fingerprint density at radius 1 is 1.21 bits per heavy atom. The lowest BCUT2D eigenvalue weighted by Crippen LogP contribution is -2.23. The second-order valence-electron chi connectivity index (χ2n) is 5.19. The van der Waals surface area contributed by atoms with Crippen LogP contribution < -0.4 is 10.6 Å². The molecule has 0 unspecified atom stereocenters. The minimum Gasteiger partial charge on any atom is -0.360 e. The normalized spacial score (nSPS) is 10.4. The summed E-state index contributed by atoms with van der Waals surface area (Å²) in [5, 5.41) is 9.61. The predicted molar refractivity (Wildman–Crippen MR) is 86.3 cm³/mol. The summed E-state index contributed by atoms with van der Waals surface area (Å²) in [7, 11) is 0. The number of amides is 1. The molecule has 1 aromatic carbocycles. The van der Waals surface area contributed by atoms with Crippen LogP contribution in [0.25, 0.3) is 0 Å². The van der Waals surface area contributed by atoms with E-state index in [0.717, 1.165) is 5.56 Å². The summed E-state index contributed by atoms with van der Waals surface area (Å²) < 4.78 is 17.8. The third-order valence-electron chi connectivity index (χ3n) is 3.26. The van der Waals surface area contributed by atoms with E-state index in [4.69, 9.17) is 4.52 Å². The van der Waals surface area contributed by atoms with Crippen LogP contribution in [0.15, 0.2) is 53.2 Å². The van der Waals surface area contributed by atoms with E-state index < -0.39 is 0 Å². The summed E-state index contributed by atoms with van der Waals surface area (Å²) in [4.78, 5) is 16.2. The van der Waals surface area contributed by atoms with Crippen molar-refractivity contribution in [3.63, 3.8) is 0 Å². The van der Waals surface area contributed by atoms with Gasteiger partial charge in [-0.25, -0.2) is 4.39 Å². The molecule has 122 valence electrons. The van der Waals surface area contributed by atoms with Gasteiger partial charge in [-0.1, -0.05) is 17.3 Å². The molecule has 0 fully saturated rings. The number of hydrogen-bond acceptors (Lipinski definition) is 5. The maximum absolute atomic E-state index is 12.9. The van der Waals surface area contributed by atoms with Crippen LogP contribution in [0.2, 0.25) is 0 Å². The van der Waals surface area contributed by atoms with Crippen molar-refractivity contribution in [1.82, 2.24) is 15.5 Å². The van der Waals surface area contributed by atoms with Crippen molar-refractivity contribution in [2.45, 2.75) is 13.5 Å². The fourth-order valence-corrected chi connectivity index (χ4v) is 2.08. The summed E-state index contributed by atoms with van der Waals surface area (Å²) in [5.41, 5.74) is 1.74. The average molecular weight is 326 g/mol. The van der Waals surface area contributed by atoms with E-state index in [2.05, 4.69) is 20.8 Å². The van der Waals surface area contributed by atoms with Gasteiger partial charge in [0.15, 0.2) is 5.82 Å². The van der Waals surface area contributed by atoms with Crippen molar-refractivity contribution in [2.24, 2.45) is 0 Å². The van der Waals surface area contributed by atoms with Gasteiger partial charge in [-0.3, -0.25) is 9.78 Å². The Kier molecular flexibility index (Phi) is 4.51. The molecule has 2 heterocycles. The molecule has 0 saturated carbocycles. The number of halogens is 1. The van der Waals surface area contributed by atoms with Gasteiger partial charge in [-0.05, 0) is 36.8 Å². The summed E-state index contributed by atoms with van der Waals surface area (Å²) in [5.74, 6) is 0.605. The molecule has 0 spiro atoms. The molecule has 3 aromatic rings. The quantitative estimate of drug-likeness (QED) is 0.752. The van der Waals surface area contributed by atoms with Crippen molar-refractivity contribution < 1.29 is 13.7 Å². The number of carbonyl (C=O) groups excluding carboxylic acids is 1. The van der Waals surface area contributed by atoms with Gasteiger partial charge in [0, 0.05) is 24.5 Å². The largest absolute Gasteiger partial charge is 0.360 e. The van der Waals surface area contributed by atoms with Gasteiger partial charge < -0.3 is 15.2 Å². The Labute approximate surface area is 137 Å². The second-order valence-corrected chi connectivity index (χ2v) is 5.19. The fourth-order valence-electron chi connectivity index (χ4n) is 2.08. The smallest absolute Gasteiger partial charge is 0.270 e. The van der Waals surface area contributed by atoms with Gasteiger partial charge in [0.25, 0.3) is 5.91 Å². The number of carbonyl (C=O) groups is 1. The lowest BCUT2D eigenvalue weighted by atomic mass is 10.2. The molecule has 1 amide bonds. The molecule has 0 aliphatic rings. The van der Waals surface area contributed by atoms with Crippen molar-refractivity contribution in [1.29, 1.82) is 0 Å². The summed E-state index contributed by atoms with van der Waals surface area (Å²) in [6, 6.07) is 11.0. The van der Waals surface area contributed by atoms with Crippen molar-refractivity contribution >= 4 is 17.4 Å². The maximum Gasteiger partial charge on any atom is 0.270 e. The first-order valence-corrected chi connectivity index (χ1v) is 7.29. The summed E-state index contributed by atoms with van der Waals surface area (Å²) >= 11 is 0. The first-order valence-electron chi connectivity index (χ1n) is 7.29. The van der Waals surface area contributed by atoms with Gasteiger partial charge in [-0.15, -0.1) is 0 Å². The van der Waals surface area contributed by atoms with Crippen molar-refractivity contribution in [3.8, 4) is 0 Å². The summed E-state index contributed by atoms with van der Waals surface area (Å²) in [6.45, 7) is 2.08. The first kappa shape index (κ1) is 15.7. The third-order valence-corrected chi connectivity index (χ3v) is 3.26. The molecular weight excluding hydrogens is 311 g/mol. The number of nitrogens with zero attached hydrogens (tertiary/aromatic N) is 2. The lowest BCUT2D eigenvalue weighted by Gasteiger charge is -2.07. The molecule has 0 aliphatic heterocycles. The van der Waals surface area contributed by atoms with Gasteiger partial charge in [0.2, 0.25) is 0 Å². The first-order chi connectivity index (χ1) is 11.6. The summed E-state index contributed by atoms with van der Waals surface area (Å²) in [6.07, 6.45) is 1.53. The number of pyridine rings is 1. The van der Waals surface area contributed by atoms with Crippen LogP contribution in [0.3, 0.4) is 0 Å². The Bertz CT molecular complexity index is 846. The number of benzene rings is 1. The number of nitrogens with one attached hydrogen (secondary N) is 2. The molecule has 7 heteroatoms. The van der Waals surface area contributed by atoms with Gasteiger partial charge in [-0.2, -0.15) is 0 Å². The van der Waals surface area contributed by atoms with Gasteiger partial charge in [0.05, 0.1) is 0 Å². The van der Waals surface area contributed by atoms with E-state index in [1.165, 1.54) is 18.3 Å². The minimum absolute atomic E-state index is 0.266. The van der Waals surface area contributed by atoms with E-state index in [9.17, 15) is 9.18 Å². The highest BCUT2D eigenvalue weighted by Gasteiger charge is 2.09. The second kappa shape index (κ2) is 6.91. The molecular formula is C17H15FN4O2. The Hall–Kier alpha value is -3.22. The SMILES string of the molecule is Cc1cc(Nc2ccnc(C(=O)NCc3ccc(F)cc3)c2)no1. The Morgan fingerprint density at radius 3 is 2.71 bits per heavy atom. The molecule has 0 radical (unpaired) electrons. The number of anilines is 2. The van der Waals surface area contributed by atoms with Crippen LogP contribution in [-0.4, -0.2) is 16.0 Å². The molecule has 2 N–H and O–H groups in total. The Balaban J connectivity index is 1.64.